The monoisotopic (exact) mass is 333 g/mol. The van der Waals surface area contributed by atoms with Crippen molar-refractivity contribution in [3.63, 3.8) is 0 Å². The smallest absolute Gasteiger partial charge is 0.142 e. The van der Waals surface area contributed by atoms with Gasteiger partial charge < -0.3 is 14.8 Å². The summed E-state index contributed by atoms with van der Waals surface area (Å²) in [5.74, 6) is 2.02. The van der Waals surface area contributed by atoms with Gasteiger partial charge in [0.05, 0.1) is 11.9 Å². The lowest BCUT2D eigenvalue weighted by Gasteiger charge is -2.26. The van der Waals surface area contributed by atoms with Crippen LogP contribution in [0.3, 0.4) is 0 Å². The van der Waals surface area contributed by atoms with Crippen LogP contribution in [0.25, 0.3) is 11.0 Å². The summed E-state index contributed by atoms with van der Waals surface area (Å²) in [5, 5.41) is 1.08. The van der Waals surface area contributed by atoms with E-state index in [1.165, 1.54) is 11.1 Å². The van der Waals surface area contributed by atoms with Crippen LogP contribution in [0.15, 0.2) is 35.8 Å². The van der Waals surface area contributed by atoms with E-state index < -0.39 is 0 Å². The predicted octanol–water partition coefficient (Wildman–Crippen LogP) is 2.00. The number of pyridine rings is 1. The van der Waals surface area contributed by atoms with Crippen LogP contribution in [0, 0.1) is 0 Å². The second-order valence-corrected chi connectivity index (χ2v) is 6.65. The molecule has 0 bridgehead atoms. The van der Waals surface area contributed by atoms with Crippen molar-refractivity contribution in [3.8, 4) is 0 Å². The van der Waals surface area contributed by atoms with Gasteiger partial charge in [0.1, 0.15) is 23.6 Å². The van der Waals surface area contributed by atoms with E-state index in [-0.39, 0.29) is 0 Å². The van der Waals surface area contributed by atoms with Gasteiger partial charge in [0, 0.05) is 55.9 Å². The summed E-state index contributed by atoms with van der Waals surface area (Å²) in [4.78, 5) is 25.5. The zero-order valence-electron chi connectivity index (χ0n) is 14.1. The molecule has 0 unspecified atom stereocenters. The number of aromatic amines is 1. The summed E-state index contributed by atoms with van der Waals surface area (Å²) < 4.78 is 0. The molecule has 0 radical (unpaired) electrons. The Labute approximate surface area is 145 Å². The van der Waals surface area contributed by atoms with Gasteiger partial charge in [-0.15, -0.1) is 0 Å². The third-order valence-corrected chi connectivity index (χ3v) is 5.20. The molecule has 5 heterocycles. The number of nitrogens with zero attached hydrogens (tertiary/aromatic N) is 6. The number of likely N-dealkylation sites (N-methyl/N-ethyl adjacent to an activating group) is 1. The van der Waals surface area contributed by atoms with Gasteiger partial charge in [0.25, 0.3) is 0 Å². The van der Waals surface area contributed by atoms with E-state index in [1.807, 2.05) is 24.7 Å². The van der Waals surface area contributed by atoms with Crippen molar-refractivity contribution in [2.75, 3.05) is 29.9 Å². The van der Waals surface area contributed by atoms with Crippen molar-refractivity contribution in [1.29, 1.82) is 0 Å². The third-order valence-electron chi connectivity index (χ3n) is 5.20. The Morgan fingerprint density at radius 1 is 1.28 bits per heavy atom. The van der Waals surface area contributed by atoms with Gasteiger partial charge in [-0.2, -0.15) is 0 Å². The fraction of sp³-hybridized carbons (Fsp3) is 0.333. The second kappa shape index (κ2) is 5.54. The van der Waals surface area contributed by atoms with Crippen molar-refractivity contribution < 1.29 is 0 Å². The SMILES string of the molecule is CN(c1cc2c(cn1)CN=C2)[C@@H]1CCN(c2ncnc3[nH]ccc23)C1. The molecule has 0 aliphatic carbocycles. The molecule has 0 spiro atoms. The minimum absolute atomic E-state index is 0.410. The number of H-pyrrole nitrogens is 1. The van der Waals surface area contributed by atoms with Gasteiger partial charge in [-0.05, 0) is 18.6 Å². The molecule has 1 fully saturated rings. The molecule has 3 aromatic rings. The zero-order valence-corrected chi connectivity index (χ0v) is 14.1. The van der Waals surface area contributed by atoms with Crippen molar-refractivity contribution in [1.82, 2.24) is 19.9 Å². The summed E-state index contributed by atoms with van der Waals surface area (Å²) >= 11 is 0. The number of nitrogens with one attached hydrogen (secondary N) is 1. The lowest BCUT2D eigenvalue weighted by atomic mass is 10.1. The van der Waals surface area contributed by atoms with Crippen molar-refractivity contribution in [2.45, 2.75) is 19.0 Å². The first-order chi connectivity index (χ1) is 12.3. The van der Waals surface area contributed by atoms with E-state index >= 15 is 0 Å². The predicted molar refractivity (Wildman–Crippen MR) is 98.4 cm³/mol. The molecule has 5 rings (SSSR count). The minimum atomic E-state index is 0.410. The number of hydrogen-bond donors (Lipinski definition) is 1. The summed E-state index contributed by atoms with van der Waals surface area (Å²) in [6, 6.07) is 4.60. The van der Waals surface area contributed by atoms with Gasteiger partial charge in [-0.1, -0.05) is 0 Å². The van der Waals surface area contributed by atoms with Gasteiger partial charge in [0.15, 0.2) is 0 Å². The average Bonchev–Trinajstić information content (AvgIpc) is 3.39. The van der Waals surface area contributed by atoms with E-state index in [0.717, 1.165) is 48.7 Å². The van der Waals surface area contributed by atoms with Crippen molar-refractivity contribution in [3.05, 3.63) is 42.0 Å². The molecule has 3 aromatic heterocycles. The Morgan fingerprint density at radius 3 is 3.20 bits per heavy atom. The number of aromatic nitrogens is 4. The molecule has 126 valence electrons. The maximum Gasteiger partial charge on any atom is 0.142 e. The lowest BCUT2D eigenvalue weighted by Crippen LogP contribution is -2.35. The topological polar surface area (TPSA) is 73.3 Å². The summed E-state index contributed by atoms with van der Waals surface area (Å²) in [5.41, 5.74) is 3.29. The fourth-order valence-electron chi connectivity index (χ4n) is 3.72. The minimum Gasteiger partial charge on any atom is -0.355 e. The molecule has 25 heavy (non-hydrogen) atoms. The number of fused-ring (bicyclic) bond motifs is 2. The maximum atomic E-state index is 4.63. The third kappa shape index (κ3) is 2.34. The molecule has 7 nitrogen and oxygen atoms in total. The van der Waals surface area contributed by atoms with E-state index in [2.05, 4.69) is 47.8 Å². The van der Waals surface area contributed by atoms with Crippen LogP contribution >= 0.6 is 0 Å². The Kier molecular flexibility index (Phi) is 3.19. The van der Waals surface area contributed by atoms with E-state index in [1.54, 1.807) is 6.33 Å². The largest absolute Gasteiger partial charge is 0.355 e. The van der Waals surface area contributed by atoms with Gasteiger partial charge in [0.2, 0.25) is 0 Å². The van der Waals surface area contributed by atoms with Gasteiger partial charge in [-0.3, -0.25) is 4.99 Å². The molecule has 1 saturated heterocycles. The normalized spacial score (nSPS) is 18.9. The highest BCUT2D eigenvalue weighted by atomic mass is 15.3. The van der Waals surface area contributed by atoms with Crippen LogP contribution in [0.1, 0.15) is 17.5 Å². The Morgan fingerprint density at radius 2 is 2.24 bits per heavy atom. The summed E-state index contributed by atoms with van der Waals surface area (Å²) in [6.45, 7) is 2.67. The Hall–Kier alpha value is -2.96. The van der Waals surface area contributed by atoms with Crippen LogP contribution in [-0.4, -0.2) is 52.3 Å². The number of hydrogen-bond acceptors (Lipinski definition) is 6. The molecular formula is C18H19N7. The standard InChI is InChI=1S/C18H19N7/c1-24(16-6-12-7-19-8-13(12)9-21-16)14-3-5-25(10-14)18-15-2-4-20-17(15)22-11-23-18/h2,4,6-7,9,11,14H,3,5,8,10H2,1H3,(H,20,22,23)/t14-/m1/s1. The molecule has 2 aliphatic heterocycles. The first-order valence-corrected chi connectivity index (χ1v) is 8.54. The highest BCUT2D eigenvalue weighted by Crippen LogP contribution is 2.28. The van der Waals surface area contributed by atoms with Crippen LogP contribution < -0.4 is 9.80 Å². The zero-order chi connectivity index (χ0) is 16.8. The highest BCUT2D eigenvalue weighted by Gasteiger charge is 2.28. The molecule has 1 N–H and O–H groups in total. The molecular weight excluding hydrogens is 314 g/mol. The summed E-state index contributed by atoms with van der Waals surface area (Å²) in [7, 11) is 2.13. The van der Waals surface area contributed by atoms with E-state index in [9.17, 15) is 0 Å². The van der Waals surface area contributed by atoms with Crippen LogP contribution in [-0.2, 0) is 6.54 Å². The number of rotatable bonds is 3. The van der Waals surface area contributed by atoms with Gasteiger partial charge in [-0.25, -0.2) is 15.0 Å². The van der Waals surface area contributed by atoms with E-state index in [4.69, 9.17) is 0 Å². The second-order valence-electron chi connectivity index (χ2n) is 6.65. The van der Waals surface area contributed by atoms with E-state index in [0.29, 0.717) is 6.04 Å². The van der Waals surface area contributed by atoms with Crippen molar-refractivity contribution >= 4 is 28.9 Å². The maximum absolute atomic E-state index is 4.63. The lowest BCUT2D eigenvalue weighted by molar-refractivity contribution is 0.684. The molecule has 0 aromatic carbocycles. The molecule has 0 amide bonds. The first-order valence-electron chi connectivity index (χ1n) is 8.54. The Balaban J connectivity index is 1.38. The van der Waals surface area contributed by atoms with Crippen LogP contribution in [0.4, 0.5) is 11.6 Å². The number of anilines is 2. The Bertz CT molecular complexity index is 961. The molecule has 0 saturated carbocycles. The molecule has 7 heteroatoms. The highest BCUT2D eigenvalue weighted by molar-refractivity contribution is 5.87. The first kappa shape index (κ1) is 14.4. The average molecular weight is 333 g/mol. The quantitative estimate of drug-likeness (QED) is 0.794. The molecule has 2 aliphatic rings. The fourth-order valence-corrected chi connectivity index (χ4v) is 3.72. The number of aliphatic imine (C=N–C) groups is 1. The summed E-state index contributed by atoms with van der Waals surface area (Å²) in [6.07, 6.45) is 8.53. The van der Waals surface area contributed by atoms with Crippen LogP contribution in [0.5, 0.6) is 0 Å². The van der Waals surface area contributed by atoms with Gasteiger partial charge >= 0.3 is 0 Å². The molecule has 1 atom stereocenters. The van der Waals surface area contributed by atoms with Crippen LogP contribution in [0.2, 0.25) is 0 Å². The van der Waals surface area contributed by atoms with Crippen molar-refractivity contribution in [2.24, 2.45) is 4.99 Å².